The molecule has 0 saturated carbocycles. The molecule has 1 saturated heterocycles. The van der Waals surface area contributed by atoms with Crippen LogP contribution in [-0.4, -0.2) is 39.5 Å². The fourth-order valence-corrected chi connectivity index (χ4v) is 1.06. The van der Waals surface area contributed by atoms with Crippen molar-refractivity contribution in [3.8, 4) is 0 Å². The van der Waals surface area contributed by atoms with Crippen LogP contribution in [0.15, 0.2) is 0 Å². The number of ether oxygens (including phenoxy) is 2. The molecule has 1 atom stereocenters. The summed E-state index contributed by atoms with van der Waals surface area (Å²) in [5.41, 5.74) is 0. The van der Waals surface area contributed by atoms with Crippen molar-refractivity contribution in [1.29, 1.82) is 0 Å². The van der Waals surface area contributed by atoms with Gasteiger partial charge >= 0.3 is 0 Å². The Balaban J connectivity index is 1.92. The van der Waals surface area contributed by atoms with E-state index in [1.54, 1.807) is 7.11 Å². The van der Waals surface area contributed by atoms with Gasteiger partial charge in [-0.15, -0.1) is 0 Å². The van der Waals surface area contributed by atoms with Gasteiger partial charge in [-0.1, -0.05) is 6.92 Å². The molecule has 1 aliphatic heterocycles. The fraction of sp³-hybridized carbons (Fsp3) is 1.00. The van der Waals surface area contributed by atoms with Gasteiger partial charge in [0.05, 0.1) is 19.3 Å². The Morgan fingerprint density at radius 3 is 2.82 bits per heavy atom. The van der Waals surface area contributed by atoms with Crippen molar-refractivity contribution < 1.29 is 9.47 Å². The molecule has 1 aliphatic rings. The summed E-state index contributed by atoms with van der Waals surface area (Å²) in [4.78, 5) is 0. The Labute approximate surface area is 68.1 Å². The lowest BCUT2D eigenvalue weighted by molar-refractivity contribution is -0.00750. The first-order valence-electron chi connectivity index (χ1n) is 4.13. The van der Waals surface area contributed by atoms with Crippen molar-refractivity contribution >= 4 is 0 Å². The highest BCUT2D eigenvalue weighted by Crippen LogP contribution is 2.01. The van der Waals surface area contributed by atoms with E-state index >= 15 is 0 Å². The van der Waals surface area contributed by atoms with Gasteiger partial charge < -0.3 is 14.8 Å². The largest absolute Gasteiger partial charge is 0.384 e. The first kappa shape index (κ1) is 8.97. The topological polar surface area (TPSA) is 30.5 Å². The maximum absolute atomic E-state index is 5.03. The normalized spacial score (nSPS) is 21.3. The maximum atomic E-state index is 5.03. The molecule has 0 aliphatic carbocycles. The number of nitrogens with one attached hydrogen (secondary N) is 1. The van der Waals surface area contributed by atoms with Crippen LogP contribution in [0.3, 0.4) is 0 Å². The zero-order chi connectivity index (χ0) is 8.10. The van der Waals surface area contributed by atoms with Crippen LogP contribution < -0.4 is 5.32 Å². The summed E-state index contributed by atoms with van der Waals surface area (Å²) >= 11 is 0. The summed E-state index contributed by atoms with van der Waals surface area (Å²) < 4.78 is 10.0. The standard InChI is InChI=1S/C8H17NO2/c1-7(4-10-2)3-9-8-5-11-6-8/h7-9H,3-6H2,1-2H3. The smallest absolute Gasteiger partial charge is 0.0643 e. The Bertz CT molecular complexity index is 104. The summed E-state index contributed by atoms with van der Waals surface area (Å²) in [6.07, 6.45) is 0. The summed E-state index contributed by atoms with van der Waals surface area (Å²) in [6.45, 7) is 5.79. The molecule has 1 unspecified atom stereocenters. The molecule has 0 radical (unpaired) electrons. The highest BCUT2D eigenvalue weighted by Gasteiger charge is 2.17. The minimum absolute atomic E-state index is 0.592. The van der Waals surface area contributed by atoms with Gasteiger partial charge in [0.2, 0.25) is 0 Å². The lowest BCUT2D eigenvalue weighted by atomic mass is 10.1. The van der Waals surface area contributed by atoms with Crippen LogP contribution in [0.4, 0.5) is 0 Å². The van der Waals surface area contributed by atoms with Crippen LogP contribution in [0, 0.1) is 5.92 Å². The molecule has 0 aromatic carbocycles. The molecule has 1 N–H and O–H groups in total. The minimum atomic E-state index is 0.592. The molecule has 66 valence electrons. The van der Waals surface area contributed by atoms with Crippen molar-refractivity contribution in [2.45, 2.75) is 13.0 Å². The Morgan fingerprint density at radius 2 is 2.36 bits per heavy atom. The number of methoxy groups -OCH3 is 1. The second-order valence-electron chi connectivity index (χ2n) is 3.20. The quantitative estimate of drug-likeness (QED) is 0.624. The van der Waals surface area contributed by atoms with E-state index in [-0.39, 0.29) is 0 Å². The highest BCUT2D eigenvalue weighted by atomic mass is 16.5. The highest BCUT2D eigenvalue weighted by molar-refractivity contribution is 4.73. The second-order valence-corrected chi connectivity index (χ2v) is 3.20. The van der Waals surface area contributed by atoms with Crippen LogP contribution >= 0.6 is 0 Å². The first-order chi connectivity index (χ1) is 5.33. The average Bonchev–Trinajstić information content (AvgIpc) is 1.85. The Morgan fingerprint density at radius 1 is 1.64 bits per heavy atom. The molecular weight excluding hydrogens is 142 g/mol. The summed E-state index contributed by atoms with van der Waals surface area (Å²) in [5.74, 6) is 0.598. The second kappa shape index (κ2) is 4.70. The van der Waals surface area contributed by atoms with Crippen molar-refractivity contribution in [2.75, 3.05) is 33.5 Å². The molecule has 1 fully saturated rings. The van der Waals surface area contributed by atoms with E-state index in [0.29, 0.717) is 12.0 Å². The predicted molar refractivity (Wildman–Crippen MR) is 43.6 cm³/mol. The lowest BCUT2D eigenvalue weighted by Crippen LogP contribution is -2.47. The van der Waals surface area contributed by atoms with E-state index in [1.807, 2.05) is 0 Å². The molecule has 3 nitrogen and oxygen atoms in total. The third-order valence-electron chi connectivity index (χ3n) is 1.84. The molecule has 0 amide bonds. The van der Waals surface area contributed by atoms with Crippen molar-refractivity contribution in [1.82, 2.24) is 5.32 Å². The van der Waals surface area contributed by atoms with E-state index in [4.69, 9.17) is 9.47 Å². The SMILES string of the molecule is COCC(C)CNC1COC1. The molecule has 11 heavy (non-hydrogen) atoms. The van der Waals surface area contributed by atoms with Crippen LogP contribution in [0.25, 0.3) is 0 Å². The molecule has 0 spiro atoms. The van der Waals surface area contributed by atoms with E-state index in [2.05, 4.69) is 12.2 Å². The molecule has 3 heteroatoms. The minimum Gasteiger partial charge on any atom is -0.384 e. The first-order valence-corrected chi connectivity index (χ1v) is 4.13. The van der Waals surface area contributed by atoms with E-state index in [0.717, 1.165) is 26.4 Å². The van der Waals surface area contributed by atoms with Gasteiger partial charge in [-0.25, -0.2) is 0 Å². The molecule has 0 aromatic heterocycles. The van der Waals surface area contributed by atoms with Crippen molar-refractivity contribution in [2.24, 2.45) is 5.92 Å². The monoisotopic (exact) mass is 159 g/mol. The van der Waals surface area contributed by atoms with Gasteiger partial charge in [-0.05, 0) is 5.92 Å². The third kappa shape index (κ3) is 3.18. The Hall–Kier alpha value is -0.120. The molecular formula is C8H17NO2. The number of hydrogen-bond acceptors (Lipinski definition) is 3. The Kier molecular flexibility index (Phi) is 3.83. The van der Waals surface area contributed by atoms with Crippen molar-refractivity contribution in [3.63, 3.8) is 0 Å². The van der Waals surface area contributed by atoms with E-state index in [9.17, 15) is 0 Å². The molecule has 0 aromatic rings. The molecule has 1 heterocycles. The van der Waals surface area contributed by atoms with Crippen LogP contribution in [-0.2, 0) is 9.47 Å². The predicted octanol–water partition coefficient (Wildman–Crippen LogP) is 0.257. The van der Waals surface area contributed by atoms with Gasteiger partial charge in [0.1, 0.15) is 0 Å². The molecule has 0 bridgehead atoms. The average molecular weight is 159 g/mol. The molecule has 1 rings (SSSR count). The summed E-state index contributed by atoms with van der Waals surface area (Å²) in [7, 11) is 1.74. The van der Waals surface area contributed by atoms with Crippen LogP contribution in [0.5, 0.6) is 0 Å². The van der Waals surface area contributed by atoms with Gasteiger partial charge in [-0.2, -0.15) is 0 Å². The maximum Gasteiger partial charge on any atom is 0.0643 e. The zero-order valence-corrected chi connectivity index (χ0v) is 7.30. The summed E-state index contributed by atoms with van der Waals surface area (Å²) in [5, 5.41) is 3.40. The van der Waals surface area contributed by atoms with E-state index < -0.39 is 0 Å². The zero-order valence-electron chi connectivity index (χ0n) is 7.30. The third-order valence-corrected chi connectivity index (χ3v) is 1.84. The van der Waals surface area contributed by atoms with Crippen LogP contribution in [0.1, 0.15) is 6.92 Å². The van der Waals surface area contributed by atoms with Gasteiger partial charge in [0, 0.05) is 20.3 Å². The van der Waals surface area contributed by atoms with E-state index in [1.165, 1.54) is 0 Å². The number of rotatable bonds is 5. The van der Waals surface area contributed by atoms with Gasteiger partial charge in [0.15, 0.2) is 0 Å². The van der Waals surface area contributed by atoms with Crippen molar-refractivity contribution in [3.05, 3.63) is 0 Å². The van der Waals surface area contributed by atoms with Gasteiger partial charge in [-0.3, -0.25) is 0 Å². The lowest BCUT2D eigenvalue weighted by Gasteiger charge is -2.28. The van der Waals surface area contributed by atoms with Gasteiger partial charge in [0.25, 0.3) is 0 Å². The summed E-state index contributed by atoms with van der Waals surface area (Å²) in [6, 6.07) is 0.592. The number of hydrogen-bond donors (Lipinski definition) is 1. The van der Waals surface area contributed by atoms with Crippen LogP contribution in [0.2, 0.25) is 0 Å². The fourth-order valence-electron chi connectivity index (χ4n) is 1.06.